The number of hydrogen-bond donors (Lipinski definition) is 1. The van der Waals surface area contributed by atoms with E-state index in [0.717, 1.165) is 25.7 Å². The van der Waals surface area contributed by atoms with Gasteiger partial charge >= 0.3 is 0 Å². The van der Waals surface area contributed by atoms with Gasteiger partial charge in [-0.05, 0) is 32.6 Å². The van der Waals surface area contributed by atoms with E-state index in [-0.39, 0.29) is 22.0 Å². The summed E-state index contributed by atoms with van der Waals surface area (Å²) in [5, 5.41) is 2.92. The first-order valence-corrected chi connectivity index (χ1v) is 8.46. The van der Waals surface area contributed by atoms with Gasteiger partial charge in [-0.3, -0.25) is 4.79 Å². The number of halogens is 1. The lowest BCUT2D eigenvalue weighted by molar-refractivity contribution is 0.0790. The third kappa shape index (κ3) is 2.79. The van der Waals surface area contributed by atoms with Gasteiger partial charge in [0.1, 0.15) is 10.7 Å². The highest BCUT2D eigenvalue weighted by Crippen LogP contribution is 2.35. The number of nitrogens with one attached hydrogen (secondary N) is 1. The molecule has 1 aromatic rings. The summed E-state index contributed by atoms with van der Waals surface area (Å²) in [6.45, 7) is 3.48. The maximum Gasteiger partial charge on any atom is 0.287 e. The van der Waals surface area contributed by atoms with Crippen LogP contribution >= 0.6 is 10.7 Å². The van der Waals surface area contributed by atoms with Gasteiger partial charge in [0.05, 0.1) is 0 Å². The van der Waals surface area contributed by atoms with E-state index < -0.39 is 15.0 Å². The molecule has 1 N–H and O–H groups in total. The lowest BCUT2D eigenvalue weighted by Gasteiger charge is -2.41. The van der Waals surface area contributed by atoms with Crippen LogP contribution in [0.2, 0.25) is 0 Å². The Morgan fingerprint density at radius 2 is 2.16 bits per heavy atom. The first kappa shape index (κ1) is 14.4. The third-order valence-electron chi connectivity index (χ3n) is 3.72. The van der Waals surface area contributed by atoms with Crippen molar-refractivity contribution in [3.05, 3.63) is 17.6 Å². The van der Waals surface area contributed by atoms with Crippen LogP contribution in [0.5, 0.6) is 0 Å². The van der Waals surface area contributed by atoms with Crippen LogP contribution in [0.25, 0.3) is 0 Å². The molecule has 0 atom stereocenters. The molecule has 0 radical (unpaired) electrons. The molecule has 0 aliphatic heterocycles. The van der Waals surface area contributed by atoms with Gasteiger partial charge in [-0.2, -0.15) is 0 Å². The lowest BCUT2D eigenvalue weighted by Crippen LogP contribution is -2.52. The molecule has 1 fully saturated rings. The minimum absolute atomic E-state index is 0.0172. The average Bonchev–Trinajstić information content (AvgIpc) is 2.65. The summed E-state index contributed by atoms with van der Waals surface area (Å²) in [6, 6.07) is 1.18. The van der Waals surface area contributed by atoms with Crippen molar-refractivity contribution in [3.63, 3.8) is 0 Å². The third-order valence-corrected chi connectivity index (χ3v) is 5.15. The van der Waals surface area contributed by atoms with Crippen molar-refractivity contribution in [1.29, 1.82) is 0 Å². The summed E-state index contributed by atoms with van der Waals surface area (Å²) in [6.07, 6.45) is 3.82. The molecular weight excluding hydrogens is 290 g/mol. The van der Waals surface area contributed by atoms with Crippen molar-refractivity contribution in [3.8, 4) is 0 Å². The molecule has 7 heteroatoms. The Morgan fingerprint density at radius 3 is 2.53 bits per heavy atom. The zero-order chi connectivity index (χ0) is 14.3. The van der Waals surface area contributed by atoms with Gasteiger partial charge < -0.3 is 9.73 Å². The SMILES string of the molecule is CCC1(NC(=O)c2cc(S(=O)(=O)Cl)c(C)o2)CCC1. The highest BCUT2D eigenvalue weighted by atomic mass is 35.7. The number of amides is 1. The molecule has 5 nitrogen and oxygen atoms in total. The number of aryl methyl sites for hydroxylation is 1. The highest BCUT2D eigenvalue weighted by molar-refractivity contribution is 8.13. The van der Waals surface area contributed by atoms with Crippen LogP contribution < -0.4 is 5.32 Å². The van der Waals surface area contributed by atoms with E-state index in [9.17, 15) is 13.2 Å². The van der Waals surface area contributed by atoms with Crippen LogP contribution in [0.3, 0.4) is 0 Å². The van der Waals surface area contributed by atoms with Crippen LogP contribution in [0.15, 0.2) is 15.4 Å². The maximum atomic E-state index is 12.1. The Morgan fingerprint density at radius 1 is 1.53 bits per heavy atom. The second-order valence-corrected chi connectivity index (χ2v) is 7.44. The molecule has 1 aromatic heterocycles. The van der Waals surface area contributed by atoms with Gasteiger partial charge in [0, 0.05) is 22.3 Å². The van der Waals surface area contributed by atoms with Crippen LogP contribution in [0.4, 0.5) is 0 Å². The topological polar surface area (TPSA) is 76.4 Å². The van der Waals surface area contributed by atoms with Crippen LogP contribution in [-0.2, 0) is 9.05 Å². The molecule has 2 rings (SSSR count). The monoisotopic (exact) mass is 305 g/mol. The molecule has 1 aliphatic carbocycles. The zero-order valence-electron chi connectivity index (χ0n) is 10.8. The van der Waals surface area contributed by atoms with Crippen molar-refractivity contribution in [2.75, 3.05) is 0 Å². The minimum atomic E-state index is -3.89. The smallest absolute Gasteiger partial charge is 0.287 e. The second kappa shape index (κ2) is 4.83. The predicted molar refractivity (Wildman–Crippen MR) is 70.8 cm³/mol. The second-order valence-electron chi connectivity index (χ2n) is 4.91. The molecule has 0 unspecified atom stereocenters. The standard InChI is InChI=1S/C12H16ClNO4S/c1-3-12(5-4-6-12)14-11(15)9-7-10(8(2)18-9)19(13,16)17/h7H,3-6H2,1-2H3,(H,14,15). The largest absolute Gasteiger partial charge is 0.455 e. The van der Waals surface area contributed by atoms with Crippen molar-refractivity contribution in [1.82, 2.24) is 5.32 Å². The van der Waals surface area contributed by atoms with Crippen LogP contribution in [0, 0.1) is 6.92 Å². The predicted octanol–water partition coefficient (Wildman–Crippen LogP) is 2.58. The maximum absolute atomic E-state index is 12.1. The van der Waals surface area contributed by atoms with E-state index in [4.69, 9.17) is 15.1 Å². The molecule has 19 heavy (non-hydrogen) atoms. The number of rotatable bonds is 4. The number of carbonyl (C=O) groups excluding carboxylic acids is 1. The molecule has 0 bridgehead atoms. The van der Waals surface area contributed by atoms with E-state index in [1.807, 2.05) is 6.92 Å². The van der Waals surface area contributed by atoms with Gasteiger partial charge in [-0.15, -0.1) is 0 Å². The number of hydrogen-bond acceptors (Lipinski definition) is 4. The fourth-order valence-corrected chi connectivity index (χ4v) is 3.38. The van der Waals surface area contributed by atoms with E-state index in [2.05, 4.69) is 5.32 Å². The summed E-state index contributed by atoms with van der Waals surface area (Å²) in [5.41, 5.74) is -0.169. The molecular formula is C12H16ClNO4S. The summed E-state index contributed by atoms with van der Waals surface area (Å²) in [5.74, 6) is -0.285. The quantitative estimate of drug-likeness (QED) is 0.867. The molecule has 0 aromatic carbocycles. The lowest BCUT2D eigenvalue weighted by atomic mass is 9.75. The molecule has 106 valence electrons. The van der Waals surface area contributed by atoms with E-state index >= 15 is 0 Å². The summed E-state index contributed by atoms with van der Waals surface area (Å²) in [4.78, 5) is 11.9. The average molecular weight is 306 g/mol. The first-order chi connectivity index (χ1) is 8.77. The Labute approximate surface area is 116 Å². The number of carbonyl (C=O) groups is 1. The van der Waals surface area contributed by atoms with Crippen LogP contribution in [-0.4, -0.2) is 19.9 Å². The van der Waals surface area contributed by atoms with E-state index in [0.29, 0.717) is 0 Å². The fraction of sp³-hybridized carbons (Fsp3) is 0.583. The van der Waals surface area contributed by atoms with E-state index in [1.54, 1.807) is 0 Å². The van der Waals surface area contributed by atoms with Gasteiger partial charge in [-0.1, -0.05) is 6.92 Å². The van der Waals surface area contributed by atoms with Crippen molar-refractivity contribution < 1.29 is 17.6 Å². The van der Waals surface area contributed by atoms with Gasteiger partial charge in [0.2, 0.25) is 0 Å². The van der Waals surface area contributed by atoms with Gasteiger partial charge in [0.25, 0.3) is 15.0 Å². The Balaban J connectivity index is 2.21. The fourth-order valence-electron chi connectivity index (χ4n) is 2.29. The number of furan rings is 1. The minimum Gasteiger partial charge on any atom is -0.455 e. The van der Waals surface area contributed by atoms with E-state index in [1.165, 1.54) is 13.0 Å². The van der Waals surface area contributed by atoms with Crippen molar-refractivity contribution in [2.45, 2.75) is 50.0 Å². The normalized spacial score (nSPS) is 17.8. The zero-order valence-corrected chi connectivity index (χ0v) is 12.4. The van der Waals surface area contributed by atoms with Crippen molar-refractivity contribution in [2.24, 2.45) is 0 Å². The Kier molecular flexibility index (Phi) is 3.66. The Bertz CT molecular complexity index is 596. The molecule has 0 saturated heterocycles. The summed E-state index contributed by atoms with van der Waals surface area (Å²) < 4.78 is 27.7. The molecule has 1 saturated carbocycles. The highest BCUT2D eigenvalue weighted by Gasteiger charge is 2.37. The first-order valence-electron chi connectivity index (χ1n) is 6.15. The molecule has 1 aliphatic rings. The molecule has 1 amide bonds. The van der Waals surface area contributed by atoms with Crippen molar-refractivity contribution >= 4 is 25.6 Å². The molecule has 0 spiro atoms. The summed E-state index contributed by atoms with van der Waals surface area (Å²) in [7, 11) is 1.37. The van der Waals surface area contributed by atoms with Gasteiger partial charge in [0.15, 0.2) is 5.76 Å². The molecule has 1 heterocycles. The van der Waals surface area contributed by atoms with Crippen LogP contribution in [0.1, 0.15) is 48.9 Å². The van der Waals surface area contributed by atoms with Gasteiger partial charge in [-0.25, -0.2) is 8.42 Å². The Hall–Kier alpha value is -1.01. The summed E-state index contributed by atoms with van der Waals surface area (Å²) >= 11 is 0.